The van der Waals surface area contributed by atoms with Crippen molar-refractivity contribution >= 4 is 11.8 Å². The first-order chi connectivity index (χ1) is 13.0. The maximum absolute atomic E-state index is 11.6. The number of rotatable bonds is 7. The molecule has 3 rings (SSSR count). The topological polar surface area (TPSA) is 80.5 Å². The molecule has 3 heterocycles. The number of likely N-dealkylation sites (tertiary alicyclic amines) is 1. The van der Waals surface area contributed by atoms with Gasteiger partial charge in [0.15, 0.2) is 0 Å². The zero-order valence-corrected chi connectivity index (χ0v) is 16.3. The molecule has 0 amide bonds. The minimum absolute atomic E-state index is 0.333. The van der Waals surface area contributed by atoms with Crippen molar-refractivity contribution in [2.75, 3.05) is 31.6 Å². The van der Waals surface area contributed by atoms with Gasteiger partial charge in [0, 0.05) is 12.7 Å². The van der Waals surface area contributed by atoms with Crippen LogP contribution >= 0.6 is 0 Å². The Kier molecular flexibility index (Phi) is 6.45. The van der Waals surface area contributed by atoms with Crippen LogP contribution in [0.15, 0.2) is 22.7 Å². The molecule has 1 fully saturated rings. The molecule has 0 unspecified atom stereocenters. The van der Waals surface area contributed by atoms with Crippen molar-refractivity contribution in [3.8, 4) is 0 Å². The maximum atomic E-state index is 11.6. The summed E-state index contributed by atoms with van der Waals surface area (Å²) >= 11 is 0. The van der Waals surface area contributed by atoms with Gasteiger partial charge in [-0.2, -0.15) is 0 Å². The molecule has 0 aliphatic carbocycles. The second-order valence-electron chi connectivity index (χ2n) is 7.00. The summed E-state index contributed by atoms with van der Waals surface area (Å²) in [6.07, 6.45) is 3.82. The molecular weight excluding hydrogens is 344 g/mol. The lowest BCUT2D eigenvalue weighted by Gasteiger charge is -2.31. The number of pyridine rings is 1. The molecule has 1 aliphatic rings. The van der Waals surface area contributed by atoms with Crippen molar-refractivity contribution < 1.29 is 13.9 Å². The molecule has 0 bridgehead atoms. The predicted octanol–water partition coefficient (Wildman–Crippen LogP) is 3.19. The van der Waals surface area contributed by atoms with Gasteiger partial charge in [0.2, 0.25) is 5.89 Å². The Balaban J connectivity index is 1.41. The van der Waals surface area contributed by atoms with Gasteiger partial charge in [-0.25, -0.2) is 14.8 Å². The van der Waals surface area contributed by atoms with E-state index in [-0.39, 0.29) is 5.97 Å². The van der Waals surface area contributed by atoms with E-state index in [2.05, 4.69) is 20.2 Å². The lowest BCUT2D eigenvalue weighted by molar-refractivity contribution is 0.0526. The lowest BCUT2D eigenvalue weighted by Crippen LogP contribution is -2.35. The molecule has 7 nitrogen and oxygen atoms in total. The number of hydrogen-bond donors (Lipinski definition) is 1. The normalized spacial score (nSPS) is 15.7. The number of oxazole rings is 1. The van der Waals surface area contributed by atoms with Gasteiger partial charge >= 0.3 is 5.97 Å². The number of hydrogen-bond acceptors (Lipinski definition) is 7. The minimum atomic E-state index is -0.333. The highest BCUT2D eigenvalue weighted by Gasteiger charge is 2.21. The number of ether oxygens (including phenoxy) is 1. The highest BCUT2D eigenvalue weighted by molar-refractivity contribution is 5.89. The van der Waals surface area contributed by atoms with E-state index in [4.69, 9.17) is 9.15 Å². The summed E-state index contributed by atoms with van der Waals surface area (Å²) in [5.41, 5.74) is 1.46. The molecule has 2 aromatic rings. The number of aryl methyl sites for hydroxylation is 2. The molecule has 7 heteroatoms. The van der Waals surface area contributed by atoms with E-state index in [0.29, 0.717) is 18.1 Å². The SMILES string of the molecule is CCOC(=O)c1ccc(NCC2CCN(Cc3nc(C)c(C)o3)CC2)nc1. The molecule has 2 aromatic heterocycles. The molecule has 0 aromatic carbocycles. The number of carbonyl (C=O) groups is 1. The summed E-state index contributed by atoms with van der Waals surface area (Å²) in [7, 11) is 0. The highest BCUT2D eigenvalue weighted by atomic mass is 16.5. The van der Waals surface area contributed by atoms with Gasteiger partial charge in [0.1, 0.15) is 11.6 Å². The number of carbonyl (C=O) groups excluding carboxylic acids is 1. The first kappa shape index (κ1) is 19.4. The Morgan fingerprint density at radius 3 is 2.70 bits per heavy atom. The van der Waals surface area contributed by atoms with E-state index in [0.717, 1.165) is 62.2 Å². The smallest absolute Gasteiger partial charge is 0.339 e. The fraction of sp³-hybridized carbons (Fsp3) is 0.550. The summed E-state index contributed by atoms with van der Waals surface area (Å²) in [6.45, 7) is 9.85. The lowest BCUT2D eigenvalue weighted by atomic mass is 9.97. The van der Waals surface area contributed by atoms with Gasteiger partial charge in [-0.15, -0.1) is 0 Å². The standard InChI is InChI=1S/C20H28N4O3/c1-4-26-20(25)17-5-6-18(22-12-17)21-11-16-7-9-24(10-8-16)13-19-23-14(2)15(3)27-19/h5-6,12,16H,4,7-11,13H2,1-3H3,(H,21,22). The number of aromatic nitrogens is 2. The second kappa shape index (κ2) is 8.99. The summed E-state index contributed by atoms with van der Waals surface area (Å²) < 4.78 is 10.7. The molecule has 0 saturated carbocycles. The number of esters is 1. The Bertz CT molecular complexity index is 730. The molecule has 146 valence electrons. The second-order valence-corrected chi connectivity index (χ2v) is 7.00. The van der Waals surface area contributed by atoms with E-state index < -0.39 is 0 Å². The largest absolute Gasteiger partial charge is 0.462 e. The van der Waals surface area contributed by atoms with Crippen LogP contribution in [0.2, 0.25) is 0 Å². The third kappa shape index (κ3) is 5.29. The van der Waals surface area contributed by atoms with Crippen LogP contribution < -0.4 is 5.32 Å². The van der Waals surface area contributed by atoms with Gasteiger partial charge in [-0.3, -0.25) is 4.90 Å². The molecule has 27 heavy (non-hydrogen) atoms. The van der Waals surface area contributed by atoms with Crippen molar-refractivity contribution in [3.05, 3.63) is 41.2 Å². The van der Waals surface area contributed by atoms with Gasteiger partial charge < -0.3 is 14.5 Å². The summed E-state index contributed by atoms with van der Waals surface area (Å²) in [5, 5.41) is 3.38. The number of nitrogens with one attached hydrogen (secondary N) is 1. The molecular formula is C20H28N4O3. The average Bonchev–Trinajstić information content (AvgIpc) is 2.99. The van der Waals surface area contributed by atoms with Crippen LogP contribution in [0.25, 0.3) is 0 Å². The molecule has 1 aliphatic heterocycles. The van der Waals surface area contributed by atoms with E-state index in [1.807, 2.05) is 19.9 Å². The van der Waals surface area contributed by atoms with Crippen molar-refractivity contribution in [1.82, 2.24) is 14.9 Å². The van der Waals surface area contributed by atoms with Gasteiger partial charge in [-0.1, -0.05) is 0 Å². The molecule has 0 spiro atoms. The highest BCUT2D eigenvalue weighted by Crippen LogP contribution is 2.20. The predicted molar refractivity (Wildman–Crippen MR) is 103 cm³/mol. The van der Waals surface area contributed by atoms with Crippen molar-refractivity contribution in [3.63, 3.8) is 0 Å². The Hall–Kier alpha value is -2.41. The summed E-state index contributed by atoms with van der Waals surface area (Å²) in [5.74, 6) is 2.79. The van der Waals surface area contributed by atoms with Crippen LogP contribution in [0, 0.1) is 19.8 Å². The average molecular weight is 372 g/mol. The van der Waals surface area contributed by atoms with Crippen molar-refractivity contribution in [2.45, 2.75) is 40.2 Å². The first-order valence-electron chi connectivity index (χ1n) is 9.57. The quantitative estimate of drug-likeness (QED) is 0.748. The monoisotopic (exact) mass is 372 g/mol. The molecule has 0 atom stereocenters. The molecule has 1 saturated heterocycles. The van der Waals surface area contributed by atoms with E-state index in [1.165, 1.54) is 0 Å². The van der Waals surface area contributed by atoms with Gasteiger partial charge in [-0.05, 0) is 64.8 Å². The Labute approximate surface area is 160 Å². The van der Waals surface area contributed by atoms with Crippen LogP contribution in [0.4, 0.5) is 5.82 Å². The van der Waals surface area contributed by atoms with E-state index >= 15 is 0 Å². The number of anilines is 1. The Morgan fingerprint density at radius 1 is 1.33 bits per heavy atom. The number of nitrogens with zero attached hydrogens (tertiary/aromatic N) is 3. The fourth-order valence-corrected chi connectivity index (χ4v) is 3.23. The Morgan fingerprint density at radius 2 is 2.11 bits per heavy atom. The van der Waals surface area contributed by atoms with Crippen molar-refractivity contribution in [2.24, 2.45) is 5.92 Å². The summed E-state index contributed by atoms with van der Waals surface area (Å²) in [4.78, 5) is 22.8. The van der Waals surface area contributed by atoms with Crippen LogP contribution in [0.5, 0.6) is 0 Å². The first-order valence-corrected chi connectivity index (χ1v) is 9.57. The maximum Gasteiger partial charge on any atom is 0.339 e. The van der Waals surface area contributed by atoms with E-state index in [1.54, 1.807) is 19.2 Å². The zero-order chi connectivity index (χ0) is 19.2. The van der Waals surface area contributed by atoms with Crippen LogP contribution in [0.1, 0.15) is 47.5 Å². The molecule has 0 radical (unpaired) electrons. The fourth-order valence-electron chi connectivity index (χ4n) is 3.23. The van der Waals surface area contributed by atoms with Crippen LogP contribution in [-0.2, 0) is 11.3 Å². The van der Waals surface area contributed by atoms with Gasteiger partial charge in [0.05, 0.1) is 24.4 Å². The van der Waals surface area contributed by atoms with Crippen LogP contribution in [-0.4, -0.2) is 47.1 Å². The van der Waals surface area contributed by atoms with Crippen molar-refractivity contribution in [1.29, 1.82) is 0 Å². The minimum Gasteiger partial charge on any atom is -0.462 e. The third-order valence-corrected chi connectivity index (χ3v) is 4.99. The van der Waals surface area contributed by atoms with E-state index in [9.17, 15) is 4.79 Å². The number of piperidine rings is 1. The van der Waals surface area contributed by atoms with Gasteiger partial charge in [0.25, 0.3) is 0 Å². The summed E-state index contributed by atoms with van der Waals surface area (Å²) in [6, 6.07) is 3.57. The zero-order valence-electron chi connectivity index (χ0n) is 16.3. The van der Waals surface area contributed by atoms with Crippen LogP contribution in [0.3, 0.4) is 0 Å². The molecule has 1 N–H and O–H groups in total. The third-order valence-electron chi connectivity index (χ3n) is 4.99.